The molecule has 0 bridgehead atoms. The van der Waals surface area contributed by atoms with Crippen molar-refractivity contribution in [2.45, 2.75) is 33.2 Å². The van der Waals surface area contributed by atoms with E-state index in [1.807, 2.05) is 6.92 Å². The lowest BCUT2D eigenvalue weighted by Crippen LogP contribution is -2.22. The lowest BCUT2D eigenvalue weighted by molar-refractivity contribution is 0.217. The Morgan fingerprint density at radius 3 is 2.68 bits per heavy atom. The van der Waals surface area contributed by atoms with Gasteiger partial charge in [0.05, 0.1) is 24.6 Å². The lowest BCUT2D eigenvalue weighted by Gasteiger charge is -2.18. The maximum Gasteiger partial charge on any atom is 0.236 e. The highest BCUT2D eigenvalue weighted by Gasteiger charge is 2.16. The molecule has 6 nitrogen and oxygen atoms in total. The Morgan fingerprint density at radius 1 is 1.42 bits per heavy atom. The fourth-order valence-corrected chi connectivity index (χ4v) is 2.90. The average molecular weight is 289 g/mol. The number of anilines is 1. The van der Waals surface area contributed by atoms with Crippen LogP contribution in [0.3, 0.4) is 0 Å². The van der Waals surface area contributed by atoms with Gasteiger partial charge in [-0.05, 0) is 19.3 Å². The van der Waals surface area contributed by atoms with E-state index in [1.165, 1.54) is 7.11 Å². The minimum atomic E-state index is -3.39. The normalized spacial score (nSPS) is 13.7. The lowest BCUT2D eigenvalue weighted by atomic mass is 10.1. The van der Waals surface area contributed by atoms with E-state index in [2.05, 4.69) is 23.7 Å². The van der Waals surface area contributed by atoms with E-state index < -0.39 is 10.0 Å². The fourth-order valence-electron chi connectivity index (χ4n) is 1.93. The van der Waals surface area contributed by atoms with Gasteiger partial charge in [0, 0.05) is 13.2 Å². The molecule has 0 unspecified atom stereocenters. The summed E-state index contributed by atoms with van der Waals surface area (Å²) in [6.07, 6.45) is 2.54. The number of hydrogen-bond acceptors (Lipinski definition) is 4. The molecule has 0 aliphatic carbocycles. The molecule has 0 aromatic carbocycles. The smallest absolute Gasteiger partial charge is 0.236 e. The molecule has 7 heteroatoms. The minimum absolute atomic E-state index is 0.0623. The molecule has 1 heterocycles. The van der Waals surface area contributed by atoms with Crippen molar-refractivity contribution in [2.75, 3.05) is 24.2 Å². The molecule has 0 aliphatic heterocycles. The summed E-state index contributed by atoms with van der Waals surface area (Å²) < 4.78 is 32.7. The van der Waals surface area contributed by atoms with Crippen molar-refractivity contribution in [3.63, 3.8) is 0 Å². The molecule has 0 saturated heterocycles. The van der Waals surface area contributed by atoms with E-state index in [0.29, 0.717) is 11.7 Å². The quantitative estimate of drug-likeness (QED) is 0.793. The Hall–Kier alpha value is -1.08. The van der Waals surface area contributed by atoms with Gasteiger partial charge in [-0.15, -0.1) is 0 Å². The number of aromatic nitrogens is 2. The maximum absolute atomic E-state index is 11.8. The number of methoxy groups -OCH3 is 1. The number of sulfonamides is 1. The van der Waals surface area contributed by atoms with E-state index in [-0.39, 0.29) is 18.4 Å². The Labute approximate surface area is 115 Å². The summed E-state index contributed by atoms with van der Waals surface area (Å²) in [7, 11) is -1.91. The molecule has 0 amide bonds. The van der Waals surface area contributed by atoms with E-state index in [1.54, 1.807) is 16.9 Å². The van der Waals surface area contributed by atoms with Crippen LogP contribution >= 0.6 is 0 Å². The summed E-state index contributed by atoms with van der Waals surface area (Å²) in [4.78, 5) is 0. The molecule has 1 N–H and O–H groups in total. The van der Waals surface area contributed by atoms with Gasteiger partial charge in [-0.1, -0.05) is 13.8 Å². The summed E-state index contributed by atoms with van der Waals surface area (Å²) in [6, 6.07) is 1.82. The molecular formula is C12H23N3O3S. The van der Waals surface area contributed by atoms with Crippen LogP contribution in [0.1, 0.15) is 33.2 Å². The molecule has 0 saturated carbocycles. The Bertz CT molecular complexity index is 482. The first-order valence-corrected chi connectivity index (χ1v) is 8.04. The Morgan fingerprint density at radius 2 is 2.11 bits per heavy atom. The first kappa shape index (κ1) is 16.0. The van der Waals surface area contributed by atoms with Crippen LogP contribution in [0.5, 0.6) is 0 Å². The standard InChI is InChI=1S/C12H23N3O3S/c1-10(2)9-11(3)15-12(5-6-13-15)14-19(16,17)8-7-18-4/h5-6,10-11,14H,7-9H2,1-4H3/t11-/m1/s1. The number of nitrogens with zero attached hydrogens (tertiary/aromatic N) is 2. The number of hydrogen-bond donors (Lipinski definition) is 1. The molecule has 1 atom stereocenters. The van der Waals surface area contributed by atoms with Crippen LogP contribution in [0, 0.1) is 5.92 Å². The number of ether oxygens (including phenoxy) is 1. The first-order chi connectivity index (χ1) is 8.85. The third-order valence-electron chi connectivity index (χ3n) is 2.72. The van der Waals surface area contributed by atoms with Crippen LogP contribution in [0.2, 0.25) is 0 Å². The number of rotatable bonds is 8. The molecule has 1 aromatic rings. The minimum Gasteiger partial charge on any atom is -0.384 e. The van der Waals surface area contributed by atoms with Crippen molar-refractivity contribution < 1.29 is 13.2 Å². The van der Waals surface area contributed by atoms with Gasteiger partial charge in [0.2, 0.25) is 10.0 Å². The van der Waals surface area contributed by atoms with Gasteiger partial charge in [0.15, 0.2) is 0 Å². The van der Waals surface area contributed by atoms with Crippen LogP contribution in [-0.4, -0.2) is 37.7 Å². The summed E-state index contributed by atoms with van der Waals surface area (Å²) in [5.74, 6) is 0.967. The van der Waals surface area contributed by atoms with Gasteiger partial charge in [0.1, 0.15) is 5.82 Å². The van der Waals surface area contributed by atoms with Gasteiger partial charge in [-0.2, -0.15) is 5.10 Å². The van der Waals surface area contributed by atoms with Gasteiger partial charge in [-0.3, -0.25) is 4.72 Å². The Balaban J connectivity index is 2.77. The zero-order valence-electron chi connectivity index (χ0n) is 12.0. The molecule has 1 aromatic heterocycles. The van der Waals surface area contributed by atoms with Crippen molar-refractivity contribution in [2.24, 2.45) is 5.92 Å². The second-order valence-electron chi connectivity index (χ2n) is 5.05. The predicted octanol–water partition coefficient (Wildman–Crippen LogP) is 1.88. The molecule has 0 aliphatic rings. The predicted molar refractivity (Wildman–Crippen MR) is 75.7 cm³/mol. The summed E-state index contributed by atoms with van der Waals surface area (Å²) in [6.45, 7) is 6.45. The average Bonchev–Trinajstić information content (AvgIpc) is 2.73. The summed E-state index contributed by atoms with van der Waals surface area (Å²) in [5, 5.41) is 4.19. The third kappa shape index (κ3) is 5.20. The monoisotopic (exact) mass is 289 g/mol. The van der Waals surface area contributed by atoms with Crippen molar-refractivity contribution in [3.8, 4) is 0 Å². The maximum atomic E-state index is 11.8. The summed E-state index contributed by atoms with van der Waals surface area (Å²) in [5.41, 5.74) is 0. The molecular weight excluding hydrogens is 266 g/mol. The summed E-state index contributed by atoms with van der Waals surface area (Å²) >= 11 is 0. The van der Waals surface area contributed by atoms with Crippen LogP contribution in [0.4, 0.5) is 5.82 Å². The van der Waals surface area contributed by atoms with Crippen LogP contribution in [0.25, 0.3) is 0 Å². The highest BCUT2D eigenvalue weighted by molar-refractivity contribution is 7.92. The zero-order valence-corrected chi connectivity index (χ0v) is 12.8. The van der Waals surface area contributed by atoms with Crippen molar-refractivity contribution in [1.82, 2.24) is 9.78 Å². The highest BCUT2D eigenvalue weighted by atomic mass is 32.2. The van der Waals surface area contributed by atoms with Crippen molar-refractivity contribution in [1.29, 1.82) is 0 Å². The second kappa shape index (κ2) is 6.91. The van der Waals surface area contributed by atoms with E-state index >= 15 is 0 Å². The van der Waals surface area contributed by atoms with Crippen molar-refractivity contribution >= 4 is 15.8 Å². The van der Waals surface area contributed by atoms with E-state index in [4.69, 9.17) is 4.74 Å². The van der Waals surface area contributed by atoms with Gasteiger partial charge in [-0.25, -0.2) is 13.1 Å². The molecule has 0 radical (unpaired) electrons. The molecule has 110 valence electrons. The van der Waals surface area contributed by atoms with E-state index in [9.17, 15) is 8.42 Å². The first-order valence-electron chi connectivity index (χ1n) is 6.38. The van der Waals surface area contributed by atoms with Crippen LogP contribution in [-0.2, 0) is 14.8 Å². The SMILES string of the molecule is COCCS(=O)(=O)Nc1ccnn1[C@H](C)CC(C)C. The van der Waals surface area contributed by atoms with Crippen molar-refractivity contribution in [3.05, 3.63) is 12.3 Å². The Kier molecular flexibility index (Phi) is 5.81. The topological polar surface area (TPSA) is 73.2 Å². The van der Waals surface area contributed by atoms with E-state index in [0.717, 1.165) is 6.42 Å². The third-order valence-corrected chi connectivity index (χ3v) is 3.94. The largest absolute Gasteiger partial charge is 0.384 e. The number of nitrogens with one attached hydrogen (secondary N) is 1. The highest BCUT2D eigenvalue weighted by Crippen LogP contribution is 2.21. The molecule has 19 heavy (non-hydrogen) atoms. The molecule has 1 rings (SSSR count). The molecule has 0 fully saturated rings. The van der Waals surface area contributed by atoms with Crippen LogP contribution < -0.4 is 4.72 Å². The fraction of sp³-hybridized carbons (Fsp3) is 0.750. The van der Waals surface area contributed by atoms with Crippen LogP contribution in [0.15, 0.2) is 12.3 Å². The zero-order chi connectivity index (χ0) is 14.5. The molecule has 0 spiro atoms. The van der Waals surface area contributed by atoms with Gasteiger partial charge >= 0.3 is 0 Å². The van der Waals surface area contributed by atoms with Gasteiger partial charge < -0.3 is 4.74 Å². The van der Waals surface area contributed by atoms with Gasteiger partial charge in [0.25, 0.3) is 0 Å². The second-order valence-corrected chi connectivity index (χ2v) is 6.90.